The molecular formula is C22H26Cl2N4OS. The number of likely N-dealkylation sites (tertiary alicyclic amines) is 1. The van der Waals surface area contributed by atoms with Crippen molar-refractivity contribution in [3.05, 3.63) is 66.5 Å². The lowest BCUT2D eigenvalue weighted by atomic mass is 10.2. The number of methoxy groups -OCH3 is 1. The first-order valence-corrected chi connectivity index (χ1v) is 10.3. The Labute approximate surface area is 194 Å². The molecule has 1 N–H and O–H groups in total. The van der Waals surface area contributed by atoms with E-state index in [2.05, 4.69) is 50.5 Å². The molecule has 2 heterocycles. The highest BCUT2D eigenvalue weighted by atomic mass is 35.5. The van der Waals surface area contributed by atoms with Crippen molar-refractivity contribution >= 4 is 48.2 Å². The van der Waals surface area contributed by atoms with E-state index in [1.807, 2.05) is 18.2 Å². The van der Waals surface area contributed by atoms with E-state index in [0.717, 1.165) is 18.0 Å². The fourth-order valence-corrected chi connectivity index (χ4v) is 4.31. The maximum absolute atomic E-state index is 5.37. The van der Waals surface area contributed by atoms with Gasteiger partial charge in [0.15, 0.2) is 0 Å². The first-order valence-electron chi connectivity index (χ1n) is 9.51. The van der Waals surface area contributed by atoms with Crippen LogP contribution in [0.2, 0.25) is 0 Å². The van der Waals surface area contributed by atoms with Gasteiger partial charge in [-0.3, -0.25) is 4.90 Å². The minimum Gasteiger partial charge on any atom is -0.497 e. The zero-order valence-corrected chi connectivity index (χ0v) is 19.2. The summed E-state index contributed by atoms with van der Waals surface area (Å²) in [5, 5.41) is 3.31. The van der Waals surface area contributed by atoms with Crippen LogP contribution in [0.4, 0.5) is 11.6 Å². The lowest BCUT2D eigenvalue weighted by molar-refractivity contribution is 0.329. The predicted octanol–water partition coefficient (Wildman–Crippen LogP) is 5.82. The second-order valence-electron chi connectivity index (χ2n) is 6.78. The molecule has 0 radical (unpaired) electrons. The molecule has 0 saturated carbocycles. The molecule has 1 saturated heterocycles. The van der Waals surface area contributed by atoms with Gasteiger partial charge in [0.1, 0.15) is 5.75 Å². The monoisotopic (exact) mass is 464 g/mol. The highest BCUT2D eigenvalue weighted by Crippen LogP contribution is 2.35. The SMILES string of the molecule is COc1cccc(Sc2ccc(Nc3ncccn3)cc2CN2CCCC2)c1.Cl.Cl. The van der Waals surface area contributed by atoms with Crippen molar-refractivity contribution in [1.29, 1.82) is 0 Å². The van der Waals surface area contributed by atoms with Crippen LogP contribution >= 0.6 is 36.6 Å². The molecule has 5 nitrogen and oxygen atoms in total. The van der Waals surface area contributed by atoms with Gasteiger partial charge in [0.25, 0.3) is 0 Å². The minimum atomic E-state index is 0. The summed E-state index contributed by atoms with van der Waals surface area (Å²) in [5.41, 5.74) is 2.33. The van der Waals surface area contributed by atoms with Crippen LogP contribution < -0.4 is 10.1 Å². The molecule has 0 aliphatic carbocycles. The average Bonchev–Trinajstić information content (AvgIpc) is 3.24. The average molecular weight is 465 g/mol. The Morgan fingerprint density at radius 3 is 2.50 bits per heavy atom. The Bertz CT molecular complexity index is 924. The van der Waals surface area contributed by atoms with Crippen LogP contribution in [0.15, 0.2) is 70.7 Å². The largest absolute Gasteiger partial charge is 0.497 e. The maximum atomic E-state index is 5.37. The van der Waals surface area contributed by atoms with Gasteiger partial charge in [-0.15, -0.1) is 24.8 Å². The van der Waals surface area contributed by atoms with Crippen LogP contribution in [0.1, 0.15) is 18.4 Å². The molecule has 3 aromatic rings. The Balaban J connectivity index is 0.00000160. The van der Waals surface area contributed by atoms with E-state index >= 15 is 0 Å². The van der Waals surface area contributed by atoms with Crippen LogP contribution in [0.3, 0.4) is 0 Å². The lowest BCUT2D eigenvalue weighted by Crippen LogP contribution is -2.18. The van der Waals surface area contributed by atoms with E-state index in [4.69, 9.17) is 4.74 Å². The number of nitrogens with zero attached hydrogens (tertiary/aromatic N) is 3. The highest BCUT2D eigenvalue weighted by Gasteiger charge is 2.15. The number of nitrogens with one attached hydrogen (secondary N) is 1. The number of rotatable bonds is 7. The molecule has 2 aromatic carbocycles. The topological polar surface area (TPSA) is 50.3 Å². The number of hydrogen-bond donors (Lipinski definition) is 1. The van der Waals surface area contributed by atoms with Crippen LogP contribution in [-0.2, 0) is 6.54 Å². The summed E-state index contributed by atoms with van der Waals surface area (Å²) in [5.74, 6) is 1.49. The zero-order chi connectivity index (χ0) is 19.2. The van der Waals surface area contributed by atoms with Crippen molar-refractivity contribution in [2.75, 3.05) is 25.5 Å². The summed E-state index contributed by atoms with van der Waals surface area (Å²) in [6, 6.07) is 16.5. The quantitative estimate of drug-likeness (QED) is 0.475. The van der Waals surface area contributed by atoms with Gasteiger partial charge in [-0.2, -0.15) is 0 Å². The first kappa shape index (κ1) is 24.3. The molecule has 0 unspecified atom stereocenters. The molecular weight excluding hydrogens is 439 g/mol. The fraction of sp³-hybridized carbons (Fsp3) is 0.273. The van der Waals surface area contributed by atoms with Gasteiger partial charge in [-0.05, 0) is 74.0 Å². The first-order chi connectivity index (χ1) is 13.8. The van der Waals surface area contributed by atoms with Gasteiger partial charge < -0.3 is 10.1 Å². The Morgan fingerprint density at radius 1 is 1.00 bits per heavy atom. The summed E-state index contributed by atoms with van der Waals surface area (Å²) in [4.78, 5) is 13.5. The Kier molecular flexibility index (Phi) is 9.72. The van der Waals surface area contributed by atoms with E-state index in [0.29, 0.717) is 5.95 Å². The van der Waals surface area contributed by atoms with Crippen molar-refractivity contribution in [3.63, 3.8) is 0 Å². The van der Waals surface area contributed by atoms with E-state index in [-0.39, 0.29) is 24.8 Å². The van der Waals surface area contributed by atoms with Gasteiger partial charge in [0, 0.05) is 34.4 Å². The molecule has 1 aliphatic rings. The maximum Gasteiger partial charge on any atom is 0.227 e. The van der Waals surface area contributed by atoms with Gasteiger partial charge in [0.2, 0.25) is 5.95 Å². The van der Waals surface area contributed by atoms with Crippen molar-refractivity contribution in [2.24, 2.45) is 0 Å². The molecule has 1 fully saturated rings. The molecule has 160 valence electrons. The summed E-state index contributed by atoms with van der Waals surface area (Å²) >= 11 is 1.78. The van der Waals surface area contributed by atoms with Crippen LogP contribution in [-0.4, -0.2) is 35.1 Å². The summed E-state index contributed by atoms with van der Waals surface area (Å²) in [7, 11) is 1.70. The van der Waals surface area contributed by atoms with Crippen LogP contribution in [0, 0.1) is 0 Å². The molecule has 0 bridgehead atoms. The fourth-order valence-electron chi connectivity index (χ4n) is 3.35. The number of ether oxygens (including phenoxy) is 1. The Hall–Kier alpha value is -1.99. The van der Waals surface area contributed by atoms with Gasteiger partial charge in [-0.25, -0.2) is 9.97 Å². The van der Waals surface area contributed by atoms with Gasteiger partial charge in [0.05, 0.1) is 7.11 Å². The third-order valence-electron chi connectivity index (χ3n) is 4.74. The van der Waals surface area contributed by atoms with Gasteiger partial charge >= 0.3 is 0 Å². The zero-order valence-electron chi connectivity index (χ0n) is 16.8. The van der Waals surface area contributed by atoms with E-state index in [1.54, 1.807) is 31.3 Å². The molecule has 30 heavy (non-hydrogen) atoms. The molecule has 4 rings (SSSR count). The minimum absolute atomic E-state index is 0. The van der Waals surface area contributed by atoms with Crippen LogP contribution in [0.25, 0.3) is 0 Å². The Morgan fingerprint density at radius 2 is 1.77 bits per heavy atom. The second-order valence-corrected chi connectivity index (χ2v) is 7.90. The van der Waals surface area contributed by atoms with E-state index in [1.165, 1.54) is 41.3 Å². The molecule has 1 aromatic heterocycles. The lowest BCUT2D eigenvalue weighted by Gasteiger charge is -2.18. The number of benzene rings is 2. The molecule has 0 spiro atoms. The van der Waals surface area contributed by atoms with Crippen LogP contribution in [0.5, 0.6) is 5.75 Å². The van der Waals surface area contributed by atoms with Crippen molar-refractivity contribution < 1.29 is 4.74 Å². The molecule has 8 heteroatoms. The standard InChI is InChI=1S/C22H24N4OS.2ClH/c1-27-19-6-4-7-20(15-19)28-21-9-8-18(25-22-23-10-5-11-24-22)14-17(21)16-26-12-2-3-13-26;;/h4-11,14-15H,2-3,12-13,16H2,1H3,(H,23,24,25);2*1H. The number of halogens is 2. The summed E-state index contributed by atoms with van der Waals surface area (Å²) in [6.45, 7) is 3.29. The van der Waals surface area contributed by atoms with Crippen molar-refractivity contribution in [1.82, 2.24) is 14.9 Å². The number of hydrogen-bond acceptors (Lipinski definition) is 6. The van der Waals surface area contributed by atoms with E-state index in [9.17, 15) is 0 Å². The number of anilines is 2. The number of aromatic nitrogens is 2. The molecule has 1 aliphatic heterocycles. The molecule has 0 amide bonds. The van der Waals surface area contributed by atoms with E-state index < -0.39 is 0 Å². The van der Waals surface area contributed by atoms with Gasteiger partial charge in [-0.1, -0.05) is 17.8 Å². The predicted molar refractivity (Wildman–Crippen MR) is 128 cm³/mol. The highest BCUT2D eigenvalue weighted by molar-refractivity contribution is 7.99. The smallest absolute Gasteiger partial charge is 0.227 e. The van der Waals surface area contributed by atoms with Crippen molar-refractivity contribution in [2.45, 2.75) is 29.2 Å². The third kappa shape index (κ3) is 6.51. The molecule has 0 atom stereocenters. The normalized spacial score (nSPS) is 13.2. The third-order valence-corrected chi connectivity index (χ3v) is 5.85. The van der Waals surface area contributed by atoms with Crippen molar-refractivity contribution in [3.8, 4) is 5.75 Å². The second kappa shape index (κ2) is 12.0. The summed E-state index contributed by atoms with van der Waals surface area (Å²) in [6.07, 6.45) is 6.06. The summed E-state index contributed by atoms with van der Waals surface area (Å²) < 4.78 is 5.37.